The third-order valence-electron chi connectivity index (χ3n) is 8.43. The molecule has 1 aliphatic heterocycles. The molecule has 1 saturated heterocycles. The number of alkyl halides is 6. The van der Waals surface area contributed by atoms with E-state index in [2.05, 4.69) is 10.1 Å². The molecule has 6 rings (SSSR count). The van der Waals surface area contributed by atoms with Crippen LogP contribution in [0.4, 0.5) is 31.1 Å². The molecule has 7 nitrogen and oxygen atoms in total. The number of rotatable bonds is 7. The number of ether oxygens (including phenoxy) is 2. The Bertz CT molecular complexity index is 1580. The maximum atomic E-state index is 13.5. The number of benzene rings is 2. The second-order valence-electron chi connectivity index (χ2n) is 11.4. The highest BCUT2D eigenvalue weighted by Crippen LogP contribution is 2.44. The predicted molar refractivity (Wildman–Crippen MR) is 145 cm³/mol. The summed E-state index contributed by atoms with van der Waals surface area (Å²) in [7, 11) is 1.55. The van der Waals surface area contributed by atoms with Crippen LogP contribution in [0.15, 0.2) is 46.5 Å². The molecule has 0 bridgehead atoms. The molecule has 0 radical (unpaired) electrons. The van der Waals surface area contributed by atoms with E-state index < -0.39 is 41.7 Å². The highest BCUT2D eigenvalue weighted by Gasteiger charge is 2.43. The molecular weight excluding hydrogens is 592 g/mol. The van der Waals surface area contributed by atoms with Crippen molar-refractivity contribution in [3.05, 3.63) is 70.0 Å². The lowest BCUT2D eigenvalue weighted by Crippen LogP contribution is -2.34. The second-order valence-corrected chi connectivity index (χ2v) is 11.4. The first-order valence-electron chi connectivity index (χ1n) is 14.3. The molecule has 13 heteroatoms. The van der Waals surface area contributed by atoms with Crippen LogP contribution in [0.25, 0.3) is 17.0 Å². The van der Waals surface area contributed by atoms with Gasteiger partial charge >= 0.3 is 18.4 Å². The summed E-state index contributed by atoms with van der Waals surface area (Å²) < 4.78 is 97.7. The largest absolute Gasteiger partial charge is 0.496 e. The number of amides is 1. The van der Waals surface area contributed by atoms with Crippen LogP contribution in [0.3, 0.4) is 0 Å². The van der Waals surface area contributed by atoms with Crippen molar-refractivity contribution in [2.24, 2.45) is 0 Å². The molecule has 1 amide bonds. The molecule has 1 aromatic heterocycles. The van der Waals surface area contributed by atoms with Crippen LogP contribution in [-0.4, -0.2) is 40.8 Å². The van der Waals surface area contributed by atoms with Crippen LogP contribution in [0, 0.1) is 0 Å². The molecule has 234 valence electrons. The standard InChI is InChI=1S/C31H29F6N3O4/c1-16-26(20-11-21(30(32,33)34)14-22(12-20)31(35,36)37)43-29(41)40(16)15-19-5-3-4-6-23(19)24-13-18(9-10-25(24)42-2)28-38-27(39-44-28)17-7-8-17/h9-14,16-17,26H,3-8,15H2,1-2H3. The Labute approximate surface area is 248 Å². The number of cyclic esters (lactones) is 1. The molecule has 1 saturated carbocycles. The summed E-state index contributed by atoms with van der Waals surface area (Å²) in [5.74, 6) is 1.98. The quantitative estimate of drug-likeness (QED) is 0.246. The van der Waals surface area contributed by atoms with Gasteiger partial charge in [0, 0.05) is 23.6 Å². The second kappa shape index (κ2) is 11.2. The van der Waals surface area contributed by atoms with Crippen molar-refractivity contribution in [3.8, 4) is 17.2 Å². The van der Waals surface area contributed by atoms with E-state index in [1.807, 2.05) is 12.1 Å². The van der Waals surface area contributed by atoms with Gasteiger partial charge in [0.15, 0.2) is 5.82 Å². The van der Waals surface area contributed by atoms with Gasteiger partial charge in [0.1, 0.15) is 11.9 Å². The summed E-state index contributed by atoms with van der Waals surface area (Å²) in [6, 6.07) is 5.98. The summed E-state index contributed by atoms with van der Waals surface area (Å²) in [6.45, 7) is 1.65. The van der Waals surface area contributed by atoms with E-state index in [9.17, 15) is 31.1 Å². The van der Waals surface area contributed by atoms with Gasteiger partial charge in [0.25, 0.3) is 5.89 Å². The van der Waals surface area contributed by atoms with E-state index in [0.29, 0.717) is 53.9 Å². The zero-order chi connectivity index (χ0) is 31.4. The Balaban J connectivity index is 1.32. The first kappa shape index (κ1) is 30.0. The molecule has 2 unspecified atom stereocenters. The van der Waals surface area contributed by atoms with Crippen LogP contribution in [-0.2, 0) is 17.1 Å². The van der Waals surface area contributed by atoms with Crippen molar-refractivity contribution in [1.82, 2.24) is 15.0 Å². The molecule has 2 aliphatic carbocycles. The van der Waals surface area contributed by atoms with E-state index in [1.165, 1.54) is 4.90 Å². The van der Waals surface area contributed by atoms with Crippen LogP contribution in [0.5, 0.6) is 5.75 Å². The molecule has 3 aromatic rings. The van der Waals surface area contributed by atoms with E-state index >= 15 is 0 Å². The summed E-state index contributed by atoms with van der Waals surface area (Å²) in [5, 5.41) is 4.10. The smallest absolute Gasteiger partial charge is 0.416 e. The van der Waals surface area contributed by atoms with Crippen LogP contribution >= 0.6 is 0 Å². The third-order valence-corrected chi connectivity index (χ3v) is 8.43. The normalized spacial score (nSPS) is 21.2. The lowest BCUT2D eigenvalue weighted by Gasteiger charge is -2.28. The lowest BCUT2D eigenvalue weighted by atomic mass is 9.85. The van der Waals surface area contributed by atoms with Gasteiger partial charge in [-0.15, -0.1) is 0 Å². The molecule has 3 aliphatic rings. The van der Waals surface area contributed by atoms with Gasteiger partial charge in [-0.05, 0) is 98.6 Å². The minimum absolute atomic E-state index is 0.0599. The number of allylic oxidation sites excluding steroid dienone is 1. The molecule has 2 heterocycles. The Hall–Kier alpha value is -4.03. The Kier molecular flexibility index (Phi) is 7.61. The monoisotopic (exact) mass is 621 g/mol. The topological polar surface area (TPSA) is 77.7 Å². The molecular formula is C31H29F6N3O4. The molecule has 44 heavy (non-hydrogen) atoms. The van der Waals surface area contributed by atoms with Crippen molar-refractivity contribution in [1.29, 1.82) is 0 Å². The van der Waals surface area contributed by atoms with Crippen molar-refractivity contribution >= 4 is 11.7 Å². The third kappa shape index (κ3) is 5.88. The van der Waals surface area contributed by atoms with Crippen molar-refractivity contribution in [2.45, 2.75) is 75.9 Å². The van der Waals surface area contributed by atoms with Gasteiger partial charge in [-0.2, -0.15) is 31.3 Å². The lowest BCUT2D eigenvalue weighted by molar-refractivity contribution is -0.143. The van der Waals surface area contributed by atoms with Crippen molar-refractivity contribution in [2.75, 3.05) is 13.7 Å². The Morgan fingerprint density at radius 3 is 2.30 bits per heavy atom. The number of methoxy groups -OCH3 is 1. The molecule has 0 spiro atoms. The maximum Gasteiger partial charge on any atom is 0.416 e. The van der Waals surface area contributed by atoms with E-state index in [1.54, 1.807) is 20.1 Å². The fourth-order valence-electron chi connectivity index (χ4n) is 5.91. The summed E-state index contributed by atoms with van der Waals surface area (Å²) in [5.41, 5.74) is 0.0523. The highest BCUT2D eigenvalue weighted by molar-refractivity contribution is 5.78. The van der Waals surface area contributed by atoms with Crippen LogP contribution in [0.1, 0.15) is 85.5 Å². The Morgan fingerprint density at radius 1 is 0.977 bits per heavy atom. The maximum absolute atomic E-state index is 13.5. The minimum atomic E-state index is -5.02. The van der Waals surface area contributed by atoms with Crippen molar-refractivity contribution < 1.29 is 45.1 Å². The number of hydrogen-bond acceptors (Lipinski definition) is 6. The summed E-state index contributed by atoms with van der Waals surface area (Å²) >= 11 is 0. The SMILES string of the molecule is COc1ccc(-c2nc(C3CC3)no2)cc1C1=C(CN2C(=O)OC(c3cc(C(F)(F)F)cc(C(F)(F)F)c3)C2C)CCCC1. The number of hydrogen-bond donors (Lipinski definition) is 0. The zero-order valence-electron chi connectivity index (χ0n) is 23.9. The zero-order valence-corrected chi connectivity index (χ0v) is 23.9. The molecule has 2 fully saturated rings. The van der Waals surface area contributed by atoms with Gasteiger partial charge in [-0.25, -0.2) is 4.79 Å². The summed E-state index contributed by atoms with van der Waals surface area (Å²) in [6.07, 6.45) is -7.08. The molecule has 0 N–H and O–H groups in total. The first-order valence-corrected chi connectivity index (χ1v) is 14.3. The van der Waals surface area contributed by atoms with E-state index in [4.69, 9.17) is 14.0 Å². The van der Waals surface area contributed by atoms with Gasteiger partial charge in [-0.3, -0.25) is 4.90 Å². The number of nitrogens with zero attached hydrogens (tertiary/aromatic N) is 3. The van der Waals surface area contributed by atoms with E-state index in [0.717, 1.165) is 42.4 Å². The Morgan fingerprint density at radius 2 is 1.66 bits per heavy atom. The number of aromatic nitrogens is 2. The number of carbonyl (C=O) groups excluding carboxylic acids is 1. The predicted octanol–water partition coefficient (Wildman–Crippen LogP) is 8.57. The van der Waals surface area contributed by atoms with E-state index in [-0.39, 0.29) is 18.2 Å². The average molecular weight is 622 g/mol. The van der Waals surface area contributed by atoms with Crippen molar-refractivity contribution in [3.63, 3.8) is 0 Å². The van der Waals surface area contributed by atoms with Crippen LogP contribution < -0.4 is 4.74 Å². The fraction of sp³-hybridized carbons (Fsp3) is 0.452. The van der Waals surface area contributed by atoms with Gasteiger partial charge < -0.3 is 14.0 Å². The van der Waals surface area contributed by atoms with Gasteiger partial charge in [0.05, 0.1) is 24.3 Å². The highest BCUT2D eigenvalue weighted by atomic mass is 19.4. The number of halogens is 6. The summed E-state index contributed by atoms with van der Waals surface area (Å²) in [4.78, 5) is 19.0. The molecule has 2 atom stereocenters. The fourth-order valence-corrected chi connectivity index (χ4v) is 5.91. The molecule has 2 aromatic carbocycles. The van der Waals surface area contributed by atoms with Crippen LogP contribution in [0.2, 0.25) is 0 Å². The average Bonchev–Trinajstić information content (AvgIpc) is 3.65. The number of carbonyl (C=O) groups is 1. The first-order chi connectivity index (χ1) is 20.8. The minimum Gasteiger partial charge on any atom is -0.496 e. The van der Waals surface area contributed by atoms with Gasteiger partial charge in [-0.1, -0.05) is 5.16 Å². The van der Waals surface area contributed by atoms with Gasteiger partial charge in [0.2, 0.25) is 0 Å².